The minimum Gasteiger partial charge on any atom is -0.334 e. The van der Waals surface area contributed by atoms with Gasteiger partial charge in [-0.05, 0) is 88.4 Å². The van der Waals surface area contributed by atoms with Gasteiger partial charge in [0.1, 0.15) is 0 Å². The molecule has 7 aromatic rings. The van der Waals surface area contributed by atoms with Crippen LogP contribution in [0.5, 0.6) is 0 Å². The van der Waals surface area contributed by atoms with E-state index in [2.05, 4.69) is 187 Å². The number of rotatable bonds is 5. The lowest BCUT2D eigenvalue weighted by molar-refractivity contribution is 0.644. The first-order chi connectivity index (χ1) is 23.1. The maximum atomic E-state index is 2.56. The van der Waals surface area contributed by atoms with Gasteiger partial charge in [-0.25, -0.2) is 0 Å². The first kappa shape index (κ1) is 27.7. The van der Waals surface area contributed by atoms with Gasteiger partial charge in [0.2, 0.25) is 0 Å². The third-order valence-electron chi connectivity index (χ3n) is 10.3. The summed E-state index contributed by atoms with van der Waals surface area (Å²) >= 11 is 0. The van der Waals surface area contributed by atoms with Gasteiger partial charge in [0.25, 0.3) is 0 Å². The average molecular weight is 605 g/mol. The summed E-state index contributed by atoms with van der Waals surface area (Å²) in [6.45, 7) is 4.76. The molecule has 0 amide bonds. The van der Waals surface area contributed by atoms with E-state index in [-0.39, 0.29) is 11.5 Å². The lowest BCUT2D eigenvalue weighted by Crippen LogP contribution is -2.32. The number of aromatic nitrogens is 1. The molecule has 226 valence electrons. The monoisotopic (exact) mass is 604 g/mol. The van der Waals surface area contributed by atoms with E-state index in [1.54, 1.807) is 0 Å². The summed E-state index contributed by atoms with van der Waals surface area (Å²) in [6, 6.07) is 55.4. The molecule has 0 N–H and O–H groups in total. The molecule has 47 heavy (non-hydrogen) atoms. The highest BCUT2D eigenvalue weighted by Gasteiger charge is 2.40. The molecule has 6 aromatic carbocycles. The van der Waals surface area contributed by atoms with Crippen molar-refractivity contribution in [1.82, 2.24) is 4.57 Å². The highest BCUT2D eigenvalue weighted by molar-refractivity contribution is 6.10. The largest absolute Gasteiger partial charge is 0.334 e. The molecular weight excluding hydrogens is 569 g/mol. The molecule has 0 radical (unpaired) electrons. The van der Waals surface area contributed by atoms with Crippen LogP contribution in [0, 0.1) is 0 Å². The Morgan fingerprint density at radius 1 is 0.596 bits per heavy atom. The van der Waals surface area contributed by atoms with Crippen LogP contribution in [-0.4, -0.2) is 10.6 Å². The second kappa shape index (κ2) is 10.7. The molecule has 1 heterocycles. The van der Waals surface area contributed by atoms with Crippen molar-refractivity contribution in [3.05, 3.63) is 181 Å². The Balaban J connectivity index is 1.21. The minimum absolute atomic E-state index is 0.0446. The Bertz CT molecular complexity index is 2340. The highest BCUT2D eigenvalue weighted by atomic mass is 15.2. The standard InChI is InChI=1S/C45H36N2/c1-45(2)41-19-11-9-17-37(41)38-27-25-36(30-42(38)45)46(34-23-21-32(22-24-34)31-13-5-3-6-14-31)35-26-28-44-40(29-35)39-18-10-12-20-43(39)47(44)33-15-7-4-8-16-33/h3-24,26-30,36H,25H2,1-2H3. The van der Waals surface area contributed by atoms with Crippen molar-refractivity contribution >= 4 is 38.8 Å². The molecule has 1 unspecified atom stereocenters. The normalized spacial score (nSPS) is 16.4. The van der Waals surface area contributed by atoms with E-state index in [0.29, 0.717) is 0 Å². The van der Waals surface area contributed by atoms with Crippen LogP contribution in [0.1, 0.15) is 31.4 Å². The summed E-state index contributed by atoms with van der Waals surface area (Å²) in [7, 11) is 0. The summed E-state index contributed by atoms with van der Waals surface area (Å²) < 4.78 is 2.39. The van der Waals surface area contributed by atoms with Gasteiger partial charge in [-0.2, -0.15) is 0 Å². The van der Waals surface area contributed by atoms with Crippen LogP contribution >= 0.6 is 0 Å². The van der Waals surface area contributed by atoms with E-state index >= 15 is 0 Å². The summed E-state index contributed by atoms with van der Waals surface area (Å²) in [5.41, 5.74) is 14.1. The van der Waals surface area contributed by atoms with Crippen LogP contribution in [0.2, 0.25) is 0 Å². The summed E-state index contributed by atoms with van der Waals surface area (Å²) in [5, 5.41) is 2.53. The first-order valence-corrected chi connectivity index (χ1v) is 16.6. The van der Waals surface area contributed by atoms with Crippen LogP contribution in [-0.2, 0) is 5.41 Å². The predicted molar refractivity (Wildman–Crippen MR) is 199 cm³/mol. The van der Waals surface area contributed by atoms with E-state index < -0.39 is 0 Å². The van der Waals surface area contributed by atoms with E-state index in [1.807, 2.05) is 0 Å². The molecule has 0 aliphatic heterocycles. The van der Waals surface area contributed by atoms with Gasteiger partial charge in [0, 0.05) is 33.2 Å². The van der Waals surface area contributed by atoms with Crippen molar-refractivity contribution in [3.8, 4) is 16.8 Å². The number of fused-ring (bicyclic) bond motifs is 6. The van der Waals surface area contributed by atoms with Crippen molar-refractivity contribution in [1.29, 1.82) is 0 Å². The zero-order valence-electron chi connectivity index (χ0n) is 26.8. The molecular formula is C45H36N2. The molecule has 0 saturated carbocycles. The Kier molecular flexibility index (Phi) is 6.33. The zero-order chi connectivity index (χ0) is 31.5. The van der Waals surface area contributed by atoms with Crippen molar-refractivity contribution < 1.29 is 0 Å². The van der Waals surface area contributed by atoms with Crippen LogP contribution in [0.25, 0.3) is 44.2 Å². The molecule has 0 spiro atoms. The van der Waals surface area contributed by atoms with Gasteiger partial charge < -0.3 is 9.47 Å². The second-order valence-electron chi connectivity index (χ2n) is 13.3. The minimum atomic E-state index is -0.0446. The molecule has 0 fully saturated rings. The van der Waals surface area contributed by atoms with Gasteiger partial charge >= 0.3 is 0 Å². The fraction of sp³-hybridized carbons (Fsp3) is 0.111. The number of hydrogen-bond acceptors (Lipinski definition) is 1. The Hall–Kier alpha value is -5.60. The number of hydrogen-bond donors (Lipinski definition) is 0. The van der Waals surface area contributed by atoms with Crippen molar-refractivity contribution in [2.45, 2.75) is 31.7 Å². The lowest BCUT2D eigenvalue weighted by Gasteiger charge is -2.36. The molecule has 1 aromatic heterocycles. The summed E-state index contributed by atoms with van der Waals surface area (Å²) in [4.78, 5) is 2.56. The number of nitrogens with zero attached hydrogens (tertiary/aromatic N) is 2. The van der Waals surface area contributed by atoms with Gasteiger partial charge in [-0.1, -0.05) is 129 Å². The fourth-order valence-electron chi connectivity index (χ4n) is 8.03. The molecule has 0 bridgehead atoms. The third kappa shape index (κ3) is 4.40. The summed E-state index contributed by atoms with van der Waals surface area (Å²) in [6.07, 6.45) is 5.98. The van der Waals surface area contributed by atoms with E-state index in [4.69, 9.17) is 0 Å². The van der Waals surface area contributed by atoms with E-state index in [0.717, 1.165) is 6.42 Å². The average Bonchev–Trinajstić information content (AvgIpc) is 3.58. The topological polar surface area (TPSA) is 8.17 Å². The second-order valence-corrected chi connectivity index (χ2v) is 13.3. The molecule has 2 aliphatic carbocycles. The van der Waals surface area contributed by atoms with Crippen LogP contribution in [0.15, 0.2) is 169 Å². The van der Waals surface area contributed by atoms with Crippen LogP contribution in [0.4, 0.5) is 11.4 Å². The Labute approximate surface area is 276 Å². The number of benzene rings is 6. The number of allylic oxidation sites excluding steroid dienone is 2. The van der Waals surface area contributed by atoms with Crippen molar-refractivity contribution in [2.75, 3.05) is 4.90 Å². The molecule has 2 aliphatic rings. The maximum Gasteiger partial charge on any atom is 0.0563 e. The summed E-state index contributed by atoms with van der Waals surface area (Å²) in [5.74, 6) is 0. The maximum absolute atomic E-state index is 2.56. The third-order valence-corrected chi connectivity index (χ3v) is 10.3. The van der Waals surface area contributed by atoms with Gasteiger partial charge in [0.05, 0.1) is 17.1 Å². The molecule has 2 nitrogen and oxygen atoms in total. The van der Waals surface area contributed by atoms with Gasteiger partial charge in [-0.3, -0.25) is 0 Å². The van der Waals surface area contributed by atoms with Crippen molar-refractivity contribution in [3.63, 3.8) is 0 Å². The first-order valence-electron chi connectivity index (χ1n) is 16.6. The van der Waals surface area contributed by atoms with E-state index in [1.165, 1.54) is 72.3 Å². The molecule has 0 saturated heterocycles. The Morgan fingerprint density at radius 3 is 2.04 bits per heavy atom. The number of anilines is 2. The lowest BCUT2D eigenvalue weighted by atomic mass is 9.79. The van der Waals surface area contributed by atoms with Crippen LogP contribution in [0.3, 0.4) is 0 Å². The quantitative estimate of drug-likeness (QED) is 0.190. The van der Waals surface area contributed by atoms with Crippen molar-refractivity contribution in [2.24, 2.45) is 0 Å². The Morgan fingerprint density at radius 2 is 1.23 bits per heavy atom. The predicted octanol–water partition coefficient (Wildman–Crippen LogP) is 11.7. The van der Waals surface area contributed by atoms with Gasteiger partial charge in [-0.15, -0.1) is 0 Å². The van der Waals surface area contributed by atoms with Gasteiger partial charge in [0.15, 0.2) is 0 Å². The molecule has 9 rings (SSSR count). The zero-order valence-corrected chi connectivity index (χ0v) is 26.8. The van der Waals surface area contributed by atoms with Crippen LogP contribution < -0.4 is 4.90 Å². The highest BCUT2D eigenvalue weighted by Crippen LogP contribution is 2.52. The number of para-hydroxylation sites is 2. The SMILES string of the molecule is CC1(C)C2=CC(N(c3ccc(-c4ccccc4)cc3)c3ccc4c(c3)c3ccccc3n4-c3ccccc3)CC=C2c2ccccc21. The fourth-order valence-corrected chi connectivity index (χ4v) is 8.03. The van der Waals surface area contributed by atoms with E-state index in [9.17, 15) is 0 Å². The smallest absolute Gasteiger partial charge is 0.0563 e. The molecule has 2 heteroatoms. The molecule has 1 atom stereocenters.